The lowest BCUT2D eigenvalue weighted by atomic mass is 10.2. The Bertz CT molecular complexity index is 1010. The predicted molar refractivity (Wildman–Crippen MR) is 121 cm³/mol. The monoisotopic (exact) mass is 439 g/mol. The van der Waals surface area contributed by atoms with Crippen molar-refractivity contribution in [3.8, 4) is 11.5 Å². The summed E-state index contributed by atoms with van der Waals surface area (Å²) in [7, 11) is 1.67. The summed E-state index contributed by atoms with van der Waals surface area (Å²) in [5.41, 5.74) is 2.81. The summed E-state index contributed by atoms with van der Waals surface area (Å²) in [5.74, 6) is 1.06. The third-order valence-corrected chi connectivity index (χ3v) is 4.60. The summed E-state index contributed by atoms with van der Waals surface area (Å²) in [6.07, 6.45) is 2.51. The molecule has 32 heavy (non-hydrogen) atoms. The van der Waals surface area contributed by atoms with Crippen LogP contribution in [0.25, 0.3) is 0 Å². The van der Waals surface area contributed by atoms with Gasteiger partial charge in [0.2, 0.25) is 0 Å². The number of urea groups is 1. The van der Waals surface area contributed by atoms with Gasteiger partial charge in [-0.25, -0.2) is 9.18 Å². The van der Waals surface area contributed by atoms with Crippen molar-refractivity contribution in [2.45, 2.75) is 20.0 Å². The van der Waals surface area contributed by atoms with Crippen LogP contribution < -0.4 is 20.1 Å². The first-order valence-corrected chi connectivity index (χ1v) is 10.2. The molecule has 0 atom stereocenters. The molecule has 2 aromatic carbocycles. The molecule has 0 bridgehead atoms. The third-order valence-electron chi connectivity index (χ3n) is 4.60. The van der Waals surface area contributed by atoms with E-state index in [-0.39, 0.29) is 5.82 Å². The van der Waals surface area contributed by atoms with Crippen LogP contribution in [0.3, 0.4) is 0 Å². The molecule has 0 aliphatic rings. The normalized spacial score (nSPS) is 10.5. The standard InChI is InChI=1S/C24H26FN3O4/c1-17-22(26-13-12-23(17)31-15-3-14-30-2)16-32-21-10-8-20(9-11-21)28-24(29)27-19-6-4-18(25)5-7-19/h4-13H,3,14-16H2,1-2H3,(H2,27,28,29). The summed E-state index contributed by atoms with van der Waals surface area (Å²) in [6.45, 7) is 3.46. The number of hydrogen-bond acceptors (Lipinski definition) is 5. The van der Waals surface area contributed by atoms with E-state index in [0.29, 0.717) is 36.9 Å². The Morgan fingerprint density at radius 2 is 1.59 bits per heavy atom. The first kappa shape index (κ1) is 23.0. The maximum absolute atomic E-state index is 12.9. The molecule has 0 radical (unpaired) electrons. The van der Waals surface area contributed by atoms with Crippen molar-refractivity contribution in [1.29, 1.82) is 0 Å². The number of hydrogen-bond donors (Lipinski definition) is 2. The minimum atomic E-state index is -0.424. The van der Waals surface area contributed by atoms with Gasteiger partial charge in [0.05, 0.1) is 12.3 Å². The molecule has 0 unspecified atom stereocenters. The van der Waals surface area contributed by atoms with Crippen molar-refractivity contribution in [2.75, 3.05) is 31.0 Å². The van der Waals surface area contributed by atoms with Gasteiger partial charge in [-0.15, -0.1) is 0 Å². The molecular weight excluding hydrogens is 413 g/mol. The molecule has 1 heterocycles. The molecule has 0 spiro atoms. The van der Waals surface area contributed by atoms with Gasteiger partial charge in [0.1, 0.15) is 23.9 Å². The Morgan fingerprint density at radius 3 is 2.25 bits per heavy atom. The molecule has 0 aliphatic carbocycles. The molecule has 0 saturated heterocycles. The van der Waals surface area contributed by atoms with Gasteiger partial charge < -0.3 is 24.8 Å². The number of benzene rings is 2. The first-order valence-electron chi connectivity index (χ1n) is 10.2. The number of nitrogens with one attached hydrogen (secondary N) is 2. The lowest BCUT2D eigenvalue weighted by molar-refractivity contribution is 0.171. The lowest BCUT2D eigenvalue weighted by Crippen LogP contribution is -2.19. The van der Waals surface area contributed by atoms with Gasteiger partial charge in [0.25, 0.3) is 0 Å². The molecule has 0 aliphatic heterocycles. The number of anilines is 2. The van der Waals surface area contributed by atoms with Crippen molar-refractivity contribution < 1.29 is 23.4 Å². The zero-order valence-corrected chi connectivity index (χ0v) is 18.1. The highest BCUT2D eigenvalue weighted by molar-refractivity contribution is 5.99. The molecule has 3 aromatic rings. The molecule has 1 aromatic heterocycles. The number of halogens is 1. The first-order chi connectivity index (χ1) is 15.5. The number of carbonyl (C=O) groups excluding carboxylic acids is 1. The third kappa shape index (κ3) is 6.95. The van der Waals surface area contributed by atoms with Crippen molar-refractivity contribution in [3.63, 3.8) is 0 Å². The van der Waals surface area contributed by atoms with E-state index in [1.807, 2.05) is 13.0 Å². The number of aromatic nitrogens is 1. The molecule has 0 saturated carbocycles. The van der Waals surface area contributed by atoms with Crippen molar-refractivity contribution >= 4 is 17.4 Å². The van der Waals surface area contributed by atoms with E-state index in [9.17, 15) is 9.18 Å². The van der Waals surface area contributed by atoms with Crippen LogP contribution in [0, 0.1) is 12.7 Å². The maximum Gasteiger partial charge on any atom is 0.323 e. The SMILES string of the molecule is COCCCOc1ccnc(COc2ccc(NC(=O)Nc3ccc(F)cc3)cc2)c1C. The van der Waals surface area contributed by atoms with Gasteiger partial charge in [0.15, 0.2) is 0 Å². The fourth-order valence-corrected chi connectivity index (χ4v) is 2.86. The highest BCUT2D eigenvalue weighted by Gasteiger charge is 2.08. The van der Waals surface area contributed by atoms with E-state index in [4.69, 9.17) is 14.2 Å². The van der Waals surface area contributed by atoms with Crippen molar-refractivity contribution in [2.24, 2.45) is 0 Å². The van der Waals surface area contributed by atoms with Crippen LogP contribution in [0.1, 0.15) is 17.7 Å². The molecule has 0 fully saturated rings. The Morgan fingerprint density at radius 1 is 0.938 bits per heavy atom. The number of ether oxygens (including phenoxy) is 3. The Labute approximate surface area is 186 Å². The molecule has 8 heteroatoms. The Hall–Kier alpha value is -3.65. The zero-order valence-electron chi connectivity index (χ0n) is 18.1. The Kier molecular flexibility index (Phi) is 8.39. The molecular formula is C24H26FN3O4. The number of pyridine rings is 1. The number of carbonyl (C=O) groups is 1. The molecule has 3 rings (SSSR count). The minimum Gasteiger partial charge on any atom is -0.493 e. The fourth-order valence-electron chi connectivity index (χ4n) is 2.86. The second-order valence-electron chi connectivity index (χ2n) is 6.97. The number of methoxy groups -OCH3 is 1. The van der Waals surface area contributed by atoms with Gasteiger partial charge in [-0.2, -0.15) is 0 Å². The maximum atomic E-state index is 12.9. The number of rotatable bonds is 10. The average Bonchev–Trinajstić information content (AvgIpc) is 2.79. The Balaban J connectivity index is 1.50. The second kappa shape index (κ2) is 11.7. The van der Waals surface area contributed by atoms with Crippen LogP contribution in [0.4, 0.5) is 20.6 Å². The quantitative estimate of drug-likeness (QED) is 0.426. The van der Waals surface area contributed by atoms with Crippen molar-refractivity contribution in [3.05, 3.63) is 77.9 Å². The van der Waals surface area contributed by atoms with Crippen LogP contribution in [0.15, 0.2) is 60.8 Å². The minimum absolute atomic E-state index is 0.291. The molecule has 168 valence electrons. The lowest BCUT2D eigenvalue weighted by Gasteiger charge is -2.13. The highest BCUT2D eigenvalue weighted by Crippen LogP contribution is 2.22. The molecule has 2 amide bonds. The van der Waals surface area contributed by atoms with Gasteiger partial charge in [-0.05, 0) is 61.5 Å². The summed E-state index contributed by atoms with van der Waals surface area (Å²) in [6, 6.07) is 13.9. The van der Waals surface area contributed by atoms with E-state index in [1.54, 1.807) is 37.6 Å². The molecule has 2 N–H and O–H groups in total. The summed E-state index contributed by atoms with van der Waals surface area (Å²) < 4.78 is 29.6. The van der Waals surface area contributed by atoms with E-state index < -0.39 is 6.03 Å². The predicted octanol–water partition coefficient (Wildman–Crippen LogP) is 5.17. The van der Waals surface area contributed by atoms with E-state index in [1.165, 1.54) is 24.3 Å². The summed E-state index contributed by atoms with van der Waals surface area (Å²) >= 11 is 0. The second-order valence-corrected chi connectivity index (χ2v) is 6.97. The highest BCUT2D eigenvalue weighted by atomic mass is 19.1. The molecule has 7 nitrogen and oxygen atoms in total. The van der Waals surface area contributed by atoms with Crippen LogP contribution in [0.2, 0.25) is 0 Å². The number of nitrogens with zero attached hydrogens (tertiary/aromatic N) is 1. The largest absolute Gasteiger partial charge is 0.493 e. The fraction of sp³-hybridized carbons (Fsp3) is 0.250. The summed E-state index contributed by atoms with van der Waals surface area (Å²) in [4.78, 5) is 16.5. The topological polar surface area (TPSA) is 81.7 Å². The van der Waals surface area contributed by atoms with E-state index in [2.05, 4.69) is 15.6 Å². The average molecular weight is 439 g/mol. The van der Waals surface area contributed by atoms with E-state index in [0.717, 1.165) is 23.4 Å². The van der Waals surface area contributed by atoms with Crippen LogP contribution >= 0.6 is 0 Å². The van der Waals surface area contributed by atoms with Gasteiger partial charge >= 0.3 is 6.03 Å². The zero-order chi connectivity index (χ0) is 22.8. The van der Waals surface area contributed by atoms with Crippen LogP contribution in [-0.2, 0) is 11.3 Å². The smallest absolute Gasteiger partial charge is 0.323 e. The van der Waals surface area contributed by atoms with Crippen molar-refractivity contribution in [1.82, 2.24) is 4.98 Å². The van der Waals surface area contributed by atoms with Gasteiger partial charge in [-0.1, -0.05) is 0 Å². The summed E-state index contributed by atoms with van der Waals surface area (Å²) in [5, 5.41) is 5.35. The van der Waals surface area contributed by atoms with Crippen LogP contribution in [-0.4, -0.2) is 31.3 Å². The van der Waals surface area contributed by atoms with Gasteiger partial charge in [0, 0.05) is 43.3 Å². The van der Waals surface area contributed by atoms with Gasteiger partial charge in [-0.3, -0.25) is 4.98 Å². The van der Waals surface area contributed by atoms with Crippen LogP contribution in [0.5, 0.6) is 11.5 Å². The number of amides is 2. The van der Waals surface area contributed by atoms with E-state index >= 15 is 0 Å².